The quantitative estimate of drug-likeness (QED) is 0.520. The molecule has 1 saturated heterocycles. The van der Waals surface area contributed by atoms with Gasteiger partial charge in [-0.25, -0.2) is 9.97 Å². The Morgan fingerprint density at radius 2 is 1.52 bits per heavy atom. The lowest BCUT2D eigenvalue weighted by Gasteiger charge is -2.27. The minimum atomic E-state index is 0.344. The molecule has 7 heteroatoms. The van der Waals surface area contributed by atoms with Gasteiger partial charge in [-0.05, 0) is 43.5 Å². The van der Waals surface area contributed by atoms with E-state index in [-0.39, 0.29) is 0 Å². The second kappa shape index (κ2) is 7.79. The lowest BCUT2D eigenvalue weighted by molar-refractivity contribution is 0.573. The van der Waals surface area contributed by atoms with Gasteiger partial charge in [-0.1, -0.05) is 18.2 Å². The first-order valence-corrected chi connectivity index (χ1v) is 9.79. The zero-order chi connectivity index (χ0) is 19.5. The summed E-state index contributed by atoms with van der Waals surface area (Å²) in [5, 5.41) is 8.26. The van der Waals surface area contributed by atoms with Crippen molar-refractivity contribution >= 4 is 5.82 Å². The van der Waals surface area contributed by atoms with Crippen molar-refractivity contribution in [2.75, 3.05) is 18.0 Å². The summed E-state index contributed by atoms with van der Waals surface area (Å²) in [6.45, 7) is 2.14. The number of pyridine rings is 1. The second-order valence-corrected chi connectivity index (χ2v) is 7.02. The van der Waals surface area contributed by atoms with Gasteiger partial charge in [-0.15, -0.1) is 10.2 Å². The zero-order valence-electron chi connectivity index (χ0n) is 15.9. The molecule has 0 atom stereocenters. The number of aromatic nitrogens is 5. The summed E-state index contributed by atoms with van der Waals surface area (Å²) in [5.41, 5.74) is 3.03. The molecule has 1 aromatic carbocycles. The summed E-state index contributed by atoms with van der Waals surface area (Å²) >= 11 is 0. The summed E-state index contributed by atoms with van der Waals surface area (Å²) in [6, 6.07) is 13.7. The first kappa shape index (κ1) is 17.5. The number of nitrogens with zero attached hydrogens (tertiary/aromatic N) is 6. The number of piperidine rings is 1. The molecule has 0 unspecified atom stereocenters. The molecule has 0 spiro atoms. The largest absolute Gasteiger partial charge is 0.415 e. The standard InChI is InChI=1S/C22H20N6O/c1-3-7-16(8-4-1)21-26-27-22(29-21)19-15-23-14-18(25-19)17-9-10-20(24-13-17)28-11-5-2-6-12-28/h1,3-4,7-10,13-15H,2,5-6,11-12H2. The first-order valence-electron chi connectivity index (χ1n) is 9.79. The molecular weight excluding hydrogens is 364 g/mol. The molecule has 0 amide bonds. The normalized spacial score (nSPS) is 14.1. The fraction of sp³-hybridized carbons (Fsp3) is 0.227. The number of rotatable bonds is 4. The van der Waals surface area contributed by atoms with Crippen LogP contribution in [0.15, 0.2) is 65.5 Å². The molecule has 4 heterocycles. The molecule has 7 nitrogen and oxygen atoms in total. The van der Waals surface area contributed by atoms with Gasteiger partial charge in [0.15, 0.2) is 0 Å². The Hall–Kier alpha value is -3.61. The van der Waals surface area contributed by atoms with Crippen LogP contribution in [0.5, 0.6) is 0 Å². The Morgan fingerprint density at radius 3 is 2.31 bits per heavy atom. The van der Waals surface area contributed by atoms with Gasteiger partial charge in [-0.3, -0.25) is 4.98 Å². The maximum absolute atomic E-state index is 5.80. The van der Waals surface area contributed by atoms with Crippen LogP contribution in [0.25, 0.3) is 34.3 Å². The highest BCUT2D eigenvalue weighted by Gasteiger charge is 2.14. The van der Waals surface area contributed by atoms with Gasteiger partial charge in [0.1, 0.15) is 11.5 Å². The van der Waals surface area contributed by atoms with Gasteiger partial charge < -0.3 is 9.32 Å². The average Bonchev–Trinajstić information content (AvgIpc) is 3.31. The number of hydrogen-bond acceptors (Lipinski definition) is 7. The Kier molecular flexibility index (Phi) is 4.70. The highest BCUT2D eigenvalue weighted by atomic mass is 16.4. The van der Waals surface area contributed by atoms with Gasteiger partial charge >= 0.3 is 0 Å². The summed E-state index contributed by atoms with van der Waals surface area (Å²) < 4.78 is 5.80. The van der Waals surface area contributed by atoms with Gasteiger partial charge in [0.2, 0.25) is 5.89 Å². The van der Waals surface area contributed by atoms with Crippen LogP contribution in [0.3, 0.4) is 0 Å². The maximum Gasteiger partial charge on any atom is 0.268 e. The van der Waals surface area contributed by atoms with Crippen LogP contribution in [0, 0.1) is 0 Å². The van der Waals surface area contributed by atoms with Crippen LogP contribution in [-0.4, -0.2) is 38.2 Å². The number of anilines is 1. The molecule has 3 aromatic heterocycles. The van der Waals surface area contributed by atoms with E-state index in [0.717, 1.165) is 35.7 Å². The molecule has 1 aliphatic heterocycles. The van der Waals surface area contributed by atoms with E-state index < -0.39 is 0 Å². The van der Waals surface area contributed by atoms with Crippen LogP contribution in [0.2, 0.25) is 0 Å². The third-order valence-electron chi connectivity index (χ3n) is 5.02. The van der Waals surface area contributed by atoms with Crippen molar-refractivity contribution in [3.63, 3.8) is 0 Å². The van der Waals surface area contributed by atoms with Crippen molar-refractivity contribution in [2.24, 2.45) is 0 Å². The first-order chi connectivity index (χ1) is 14.4. The fourth-order valence-electron chi connectivity index (χ4n) is 3.48. The Morgan fingerprint density at radius 1 is 0.724 bits per heavy atom. The minimum Gasteiger partial charge on any atom is -0.415 e. The third-order valence-corrected chi connectivity index (χ3v) is 5.02. The highest BCUT2D eigenvalue weighted by Crippen LogP contribution is 2.25. The van der Waals surface area contributed by atoms with E-state index in [1.54, 1.807) is 12.4 Å². The van der Waals surface area contributed by atoms with Gasteiger partial charge in [0, 0.05) is 30.4 Å². The Labute approximate surface area is 168 Å². The minimum absolute atomic E-state index is 0.344. The van der Waals surface area contributed by atoms with E-state index >= 15 is 0 Å². The van der Waals surface area contributed by atoms with Gasteiger partial charge in [0.05, 0.1) is 18.1 Å². The Bertz CT molecular complexity index is 1090. The third kappa shape index (κ3) is 3.71. The van der Waals surface area contributed by atoms with Crippen LogP contribution < -0.4 is 4.90 Å². The molecular formula is C22H20N6O. The summed E-state index contributed by atoms with van der Waals surface area (Å²) in [5.74, 6) is 1.82. The number of hydrogen-bond donors (Lipinski definition) is 0. The van der Waals surface area contributed by atoms with Gasteiger partial charge in [0.25, 0.3) is 5.89 Å². The molecule has 5 rings (SSSR count). The smallest absolute Gasteiger partial charge is 0.268 e. The van der Waals surface area contributed by atoms with E-state index in [9.17, 15) is 0 Å². The predicted octanol–water partition coefficient (Wildman–Crippen LogP) is 4.25. The lowest BCUT2D eigenvalue weighted by Crippen LogP contribution is -2.29. The molecule has 1 fully saturated rings. The van der Waals surface area contributed by atoms with Crippen molar-refractivity contribution in [3.05, 3.63) is 61.1 Å². The summed E-state index contributed by atoms with van der Waals surface area (Å²) in [6.07, 6.45) is 8.95. The summed E-state index contributed by atoms with van der Waals surface area (Å²) in [4.78, 5) is 15.9. The monoisotopic (exact) mass is 384 g/mol. The topological polar surface area (TPSA) is 80.8 Å². The molecule has 0 N–H and O–H groups in total. The van der Waals surface area contributed by atoms with Crippen LogP contribution in [0.4, 0.5) is 5.82 Å². The molecule has 29 heavy (non-hydrogen) atoms. The van der Waals surface area contributed by atoms with Crippen molar-refractivity contribution in [1.82, 2.24) is 25.1 Å². The van der Waals surface area contributed by atoms with E-state index in [4.69, 9.17) is 4.42 Å². The molecule has 1 aliphatic rings. The van der Waals surface area contributed by atoms with Crippen molar-refractivity contribution in [1.29, 1.82) is 0 Å². The average molecular weight is 384 g/mol. The summed E-state index contributed by atoms with van der Waals surface area (Å²) in [7, 11) is 0. The fourth-order valence-corrected chi connectivity index (χ4v) is 3.48. The van der Waals surface area contributed by atoms with Crippen molar-refractivity contribution in [2.45, 2.75) is 19.3 Å². The van der Waals surface area contributed by atoms with E-state index in [0.29, 0.717) is 17.5 Å². The SMILES string of the molecule is c1ccc(-c2nnc(-c3cncc(-c4ccc(N5CCCCC5)nc4)n3)o2)cc1. The van der Waals surface area contributed by atoms with Crippen molar-refractivity contribution in [3.8, 4) is 34.3 Å². The van der Waals surface area contributed by atoms with Crippen LogP contribution in [-0.2, 0) is 0 Å². The number of benzene rings is 1. The molecule has 144 valence electrons. The van der Waals surface area contributed by atoms with E-state index in [1.807, 2.05) is 42.6 Å². The van der Waals surface area contributed by atoms with Crippen molar-refractivity contribution < 1.29 is 4.42 Å². The van der Waals surface area contributed by atoms with Crippen LogP contribution in [0.1, 0.15) is 19.3 Å². The van der Waals surface area contributed by atoms with E-state index in [2.05, 4.69) is 36.1 Å². The van der Waals surface area contributed by atoms with Gasteiger partial charge in [-0.2, -0.15) is 0 Å². The van der Waals surface area contributed by atoms with Crippen LogP contribution >= 0.6 is 0 Å². The second-order valence-electron chi connectivity index (χ2n) is 7.02. The lowest BCUT2D eigenvalue weighted by atomic mass is 10.1. The molecule has 0 radical (unpaired) electrons. The zero-order valence-corrected chi connectivity index (χ0v) is 15.9. The highest BCUT2D eigenvalue weighted by molar-refractivity contribution is 5.62. The maximum atomic E-state index is 5.80. The van der Waals surface area contributed by atoms with E-state index in [1.165, 1.54) is 19.3 Å². The predicted molar refractivity (Wildman–Crippen MR) is 110 cm³/mol. The Balaban J connectivity index is 1.39. The molecule has 0 saturated carbocycles. The molecule has 0 aliphatic carbocycles. The molecule has 0 bridgehead atoms. The molecule has 4 aromatic rings.